The summed E-state index contributed by atoms with van der Waals surface area (Å²) in [5, 5.41) is 12.0. The van der Waals surface area contributed by atoms with Crippen LogP contribution >= 0.6 is 0 Å². The average Bonchev–Trinajstić information content (AvgIpc) is 3.28. The van der Waals surface area contributed by atoms with E-state index in [9.17, 15) is 4.79 Å². The van der Waals surface area contributed by atoms with Crippen LogP contribution in [0.1, 0.15) is 33.7 Å². The van der Waals surface area contributed by atoms with E-state index >= 15 is 0 Å². The Morgan fingerprint density at radius 3 is 2.62 bits per heavy atom. The molecular formula is C23H22N2O4. The van der Waals surface area contributed by atoms with Gasteiger partial charge in [-0.1, -0.05) is 18.2 Å². The van der Waals surface area contributed by atoms with Crippen molar-refractivity contribution < 1.29 is 18.7 Å². The number of nitrogens with zero attached hydrogens (tertiary/aromatic N) is 1. The van der Waals surface area contributed by atoms with Gasteiger partial charge in [0, 0.05) is 24.3 Å². The molecular weight excluding hydrogens is 368 g/mol. The molecule has 0 saturated carbocycles. The summed E-state index contributed by atoms with van der Waals surface area (Å²) in [6, 6.07) is 20.1. The first-order valence-corrected chi connectivity index (χ1v) is 9.35. The molecule has 1 aromatic heterocycles. The molecule has 148 valence electrons. The maximum absolute atomic E-state index is 12.2. The number of carbonyl (C=O) groups excluding carboxylic acids is 1. The number of rotatable bonds is 10. The highest BCUT2D eigenvalue weighted by Gasteiger charge is 2.06. The molecule has 0 spiro atoms. The van der Waals surface area contributed by atoms with Crippen LogP contribution in [0.4, 0.5) is 0 Å². The fraction of sp³-hybridized carbons (Fsp3) is 0.217. The van der Waals surface area contributed by atoms with Gasteiger partial charge in [0.2, 0.25) is 0 Å². The molecule has 0 radical (unpaired) electrons. The van der Waals surface area contributed by atoms with Gasteiger partial charge in [0.05, 0.1) is 17.9 Å². The van der Waals surface area contributed by atoms with E-state index in [1.54, 1.807) is 36.6 Å². The maximum Gasteiger partial charge on any atom is 0.251 e. The molecule has 0 saturated heterocycles. The van der Waals surface area contributed by atoms with Crippen LogP contribution in [0.15, 0.2) is 71.3 Å². The Labute approximate surface area is 169 Å². The first-order valence-electron chi connectivity index (χ1n) is 9.35. The standard InChI is InChI=1S/C23H22N2O4/c24-15-19-5-1-2-6-20(19)16-29-21-10-8-18(9-11-21)23(26)25-12-4-13-27-17-22-7-3-14-28-22/h1-3,5-11,14H,4,12-13,16-17H2,(H,25,26). The van der Waals surface area contributed by atoms with E-state index in [0.717, 1.165) is 11.3 Å². The van der Waals surface area contributed by atoms with Crippen LogP contribution in [0.2, 0.25) is 0 Å². The van der Waals surface area contributed by atoms with Crippen molar-refractivity contribution in [3.8, 4) is 11.8 Å². The van der Waals surface area contributed by atoms with Crippen molar-refractivity contribution in [2.75, 3.05) is 13.2 Å². The number of hydrogen-bond acceptors (Lipinski definition) is 5. The van der Waals surface area contributed by atoms with Gasteiger partial charge in [0.15, 0.2) is 0 Å². The Morgan fingerprint density at radius 1 is 1.03 bits per heavy atom. The van der Waals surface area contributed by atoms with Crippen molar-refractivity contribution in [3.05, 3.63) is 89.4 Å². The SMILES string of the molecule is N#Cc1ccccc1COc1ccc(C(=O)NCCCOCc2ccco2)cc1. The van der Waals surface area contributed by atoms with Gasteiger partial charge in [-0.2, -0.15) is 5.26 Å². The smallest absolute Gasteiger partial charge is 0.251 e. The zero-order valence-electron chi connectivity index (χ0n) is 16.0. The Bertz CT molecular complexity index is 944. The highest BCUT2D eigenvalue weighted by atomic mass is 16.5. The van der Waals surface area contributed by atoms with Crippen molar-refractivity contribution >= 4 is 5.91 Å². The number of amides is 1. The number of nitrogens with one attached hydrogen (secondary N) is 1. The minimum Gasteiger partial charge on any atom is -0.489 e. The fourth-order valence-electron chi connectivity index (χ4n) is 2.66. The number of hydrogen-bond donors (Lipinski definition) is 1. The molecule has 0 bridgehead atoms. The molecule has 3 aromatic rings. The molecule has 6 nitrogen and oxygen atoms in total. The van der Waals surface area contributed by atoms with Crippen molar-refractivity contribution in [1.82, 2.24) is 5.32 Å². The van der Waals surface area contributed by atoms with Gasteiger partial charge in [0.25, 0.3) is 5.91 Å². The van der Waals surface area contributed by atoms with E-state index in [0.29, 0.717) is 49.7 Å². The predicted octanol–water partition coefficient (Wildman–Crippen LogP) is 4.07. The van der Waals surface area contributed by atoms with Gasteiger partial charge in [-0.05, 0) is 48.9 Å². The third-order valence-electron chi connectivity index (χ3n) is 4.22. The van der Waals surface area contributed by atoms with Crippen LogP contribution in [-0.4, -0.2) is 19.1 Å². The van der Waals surface area contributed by atoms with Crippen LogP contribution in [0, 0.1) is 11.3 Å². The van der Waals surface area contributed by atoms with Crippen molar-refractivity contribution in [1.29, 1.82) is 5.26 Å². The first kappa shape index (κ1) is 20.2. The zero-order valence-corrected chi connectivity index (χ0v) is 16.0. The highest BCUT2D eigenvalue weighted by Crippen LogP contribution is 2.16. The number of carbonyl (C=O) groups is 1. The van der Waals surface area contributed by atoms with Crippen LogP contribution in [0.25, 0.3) is 0 Å². The van der Waals surface area contributed by atoms with Crippen LogP contribution in [-0.2, 0) is 18.0 Å². The molecule has 6 heteroatoms. The van der Waals surface area contributed by atoms with Gasteiger partial charge in [0.1, 0.15) is 24.7 Å². The van der Waals surface area contributed by atoms with Gasteiger partial charge in [-0.15, -0.1) is 0 Å². The van der Waals surface area contributed by atoms with Crippen LogP contribution < -0.4 is 10.1 Å². The number of benzene rings is 2. The van der Waals surface area contributed by atoms with E-state index in [1.807, 2.05) is 30.3 Å². The highest BCUT2D eigenvalue weighted by molar-refractivity contribution is 5.94. The number of furan rings is 1. The molecule has 1 amide bonds. The zero-order chi connectivity index (χ0) is 20.3. The molecule has 0 atom stereocenters. The second kappa shape index (κ2) is 10.7. The molecule has 0 aliphatic carbocycles. The lowest BCUT2D eigenvalue weighted by atomic mass is 10.1. The minimum absolute atomic E-state index is 0.141. The minimum atomic E-state index is -0.141. The lowest BCUT2D eigenvalue weighted by Crippen LogP contribution is -2.25. The van der Waals surface area contributed by atoms with Gasteiger partial charge in [-0.25, -0.2) is 0 Å². The summed E-state index contributed by atoms with van der Waals surface area (Å²) in [4.78, 5) is 12.2. The quantitative estimate of drug-likeness (QED) is 0.528. The Morgan fingerprint density at radius 2 is 1.86 bits per heavy atom. The lowest BCUT2D eigenvalue weighted by molar-refractivity contribution is 0.0917. The van der Waals surface area contributed by atoms with E-state index < -0.39 is 0 Å². The van der Waals surface area contributed by atoms with E-state index in [-0.39, 0.29) is 5.91 Å². The van der Waals surface area contributed by atoms with Crippen LogP contribution in [0.3, 0.4) is 0 Å². The molecule has 0 aliphatic heterocycles. The summed E-state index contributed by atoms with van der Waals surface area (Å²) in [6.07, 6.45) is 2.33. The topological polar surface area (TPSA) is 84.5 Å². The van der Waals surface area contributed by atoms with Gasteiger partial charge in [-0.3, -0.25) is 4.79 Å². The average molecular weight is 390 g/mol. The predicted molar refractivity (Wildman–Crippen MR) is 107 cm³/mol. The summed E-state index contributed by atoms with van der Waals surface area (Å²) >= 11 is 0. The molecule has 0 unspecified atom stereocenters. The molecule has 0 aliphatic rings. The van der Waals surface area contributed by atoms with Crippen LogP contribution in [0.5, 0.6) is 5.75 Å². The number of ether oxygens (including phenoxy) is 2. The Hall–Kier alpha value is -3.56. The van der Waals surface area contributed by atoms with E-state index in [1.165, 1.54) is 0 Å². The van der Waals surface area contributed by atoms with Gasteiger partial charge < -0.3 is 19.2 Å². The normalized spacial score (nSPS) is 10.3. The first-order chi connectivity index (χ1) is 14.3. The Balaban J connectivity index is 1.37. The third kappa shape index (κ3) is 6.23. The fourth-order valence-corrected chi connectivity index (χ4v) is 2.66. The Kier molecular flexibility index (Phi) is 7.44. The summed E-state index contributed by atoms with van der Waals surface area (Å²) < 4.78 is 16.4. The molecule has 3 rings (SSSR count). The second-order valence-corrected chi connectivity index (χ2v) is 6.32. The largest absolute Gasteiger partial charge is 0.489 e. The summed E-state index contributed by atoms with van der Waals surface area (Å²) in [7, 11) is 0. The summed E-state index contributed by atoms with van der Waals surface area (Å²) in [5.74, 6) is 1.28. The second-order valence-electron chi connectivity index (χ2n) is 6.32. The van der Waals surface area contributed by atoms with Crippen molar-refractivity contribution in [2.24, 2.45) is 0 Å². The maximum atomic E-state index is 12.2. The van der Waals surface area contributed by atoms with E-state index in [2.05, 4.69) is 11.4 Å². The van der Waals surface area contributed by atoms with Crippen molar-refractivity contribution in [2.45, 2.75) is 19.6 Å². The van der Waals surface area contributed by atoms with Gasteiger partial charge >= 0.3 is 0 Å². The third-order valence-corrected chi connectivity index (χ3v) is 4.22. The number of nitriles is 1. The summed E-state index contributed by atoms with van der Waals surface area (Å²) in [6.45, 7) is 1.80. The monoisotopic (exact) mass is 390 g/mol. The molecule has 0 fully saturated rings. The molecule has 1 heterocycles. The van der Waals surface area contributed by atoms with E-state index in [4.69, 9.17) is 19.2 Å². The molecule has 29 heavy (non-hydrogen) atoms. The summed E-state index contributed by atoms with van der Waals surface area (Å²) in [5.41, 5.74) is 1.98. The molecule has 1 N–H and O–H groups in total. The van der Waals surface area contributed by atoms with Crippen molar-refractivity contribution in [3.63, 3.8) is 0 Å². The molecule has 2 aromatic carbocycles. The lowest BCUT2D eigenvalue weighted by Gasteiger charge is -2.09.